The quantitative estimate of drug-likeness (QED) is 0.743. The molecule has 1 atom stereocenters. The van der Waals surface area contributed by atoms with Crippen molar-refractivity contribution in [2.24, 2.45) is 0 Å². The van der Waals surface area contributed by atoms with E-state index >= 15 is 0 Å². The van der Waals surface area contributed by atoms with Gasteiger partial charge < -0.3 is 4.74 Å². The second-order valence-electron chi connectivity index (χ2n) is 4.37. The first-order valence-electron chi connectivity index (χ1n) is 5.87. The van der Waals surface area contributed by atoms with E-state index in [0.29, 0.717) is 23.4 Å². The third kappa shape index (κ3) is 2.75. The van der Waals surface area contributed by atoms with Crippen molar-refractivity contribution in [3.8, 4) is 5.75 Å². The summed E-state index contributed by atoms with van der Waals surface area (Å²) in [6, 6.07) is 6.19. The molecule has 0 fully saturated rings. The molecule has 1 nitrogen and oxygen atoms in total. The molecule has 0 aromatic heterocycles. The molecule has 0 aliphatic carbocycles. The number of halogens is 4. The van der Waals surface area contributed by atoms with Crippen molar-refractivity contribution < 1.29 is 17.9 Å². The summed E-state index contributed by atoms with van der Waals surface area (Å²) in [5.74, 6) is -2.33. The van der Waals surface area contributed by atoms with E-state index in [2.05, 4.69) is 0 Å². The zero-order chi connectivity index (χ0) is 14.9. The van der Waals surface area contributed by atoms with Crippen LogP contribution >= 0.6 is 11.6 Å². The van der Waals surface area contributed by atoms with Crippen molar-refractivity contribution in [2.75, 3.05) is 7.11 Å². The molecule has 0 radical (unpaired) electrons. The summed E-state index contributed by atoms with van der Waals surface area (Å²) in [7, 11) is 1.53. The lowest BCUT2D eigenvalue weighted by atomic mass is 10.0. The van der Waals surface area contributed by atoms with Gasteiger partial charge in [0, 0.05) is 17.7 Å². The number of aryl methyl sites for hydroxylation is 1. The lowest BCUT2D eigenvalue weighted by molar-refractivity contribution is 0.411. The van der Waals surface area contributed by atoms with Crippen LogP contribution in [0.2, 0.25) is 0 Å². The van der Waals surface area contributed by atoms with E-state index in [0.717, 1.165) is 5.56 Å². The number of hydrogen-bond acceptors (Lipinski definition) is 1. The predicted molar refractivity (Wildman–Crippen MR) is 71.7 cm³/mol. The minimum atomic E-state index is -1.04. The molecule has 0 bridgehead atoms. The topological polar surface area (TPSA) is 9.23 Å². The Labute approximate surface area is 119 Å². The van der Waals surface area contributed by atoms with Gasteiger partial charge in [-0.1, -0.05) is 12.1 Å². The Morgan fingerprint density at radius 3 is 2.15 bits per heavy atom. The molecule has 2 aromatic carbocycles. The van der Waals surface area contributed by atoms with Gasteiger partial charge in [0.05, 0.1) is 12.5 Å². The van der Waals surface area contributed by atoms with Crippen LogP contribution in [-0.4, -0.2) is 7.11 Å². The number of methoxy groups -OCH3 is 1. The average molecular weight is 301 g/mol. The van der Waals surface area contributed by atoms with Gasteiger partial charge in [-0.15, -0.1) is 11.6 Å². The van der Waals surface area contributed by atoms with Gasteiger partial charge in [-0.25, -0.2) is 13.2 Å². The van der Waals surface area contributed by atoms with Gasteiger partial charge in [0.25, 0.3) is 0 Å². The highest BCUT2D eigenvalue weighted by molar-refractivity contribution is 6.22. The average Bonchev–Trinajstić information content (AvgIpc) is 2.37. The van der Waals surface area contributed by atoms with Gasteiger partial charge in [-0.2, -0.15) is 0 Å². The van der Waals surface area contributed by atoms with Gasteiger partial charge in [-0.3, -0.25) is 0 Å². The summed E-state index contributed by atoms with van der Waals surface area (Å²) in [6.45, 7) is 1.79. The second-order valence-corrected chi connectivity index (χ2v) is 4.81. The van der Waals surface area contributed by atoms with Crippen LogP contribution in [0.1, 0.15) is 22.1 Å². The molecule has 0 N–H and O–H groups in total. The maximum Gasteiger partial charge on any atom is 0.134 e. The normalized spacial score (nSPS) is 12.3. The molecule has 20 heavy (non-hydrogen) atoms. The second kappa shape index (κ2) is 5.75. The standard InChI is InChI=1S/C15H12ClF3O/c1-8-5-9(3-4-13(8)20-2)15(16)14-11(18)6-10(17)7-12(14)19/h3-7,15H,1-2H3. The molecule has 5 heteroatoms. The molecule has 0 saturated carbocycles. The number of benzene rings is 2. The van der Waals surface area contributed by atoms with Crippen LogP contribution in [0, 0.1) is 24.4 Å². The summed E-state index contributed by atoms with van der Waals surface area (Å²) in [5, 5.41) is -1.04. The highest BCUT2D eigenvalue weighted by atomic mass is 35.5. The molecule has 106 valence electrons. The van der Waals surface area contributed by atoms with Gasteiger partial charge in [-0.05, 0) is 24.1 Å². The predicted octanol–water partition coefficient (Wildman–Crippen LogP) is 4.75. The van der Waals surface area contributed by atoms with Crippen LogP contribution in [0.25, 0.3) is 0 Å². The van der Waals surface area contributed by atoms with Crippen LogP contribution in [-0.2, 0) is 0 Å². The van der Waals surface area contributed by atoms with Crippen LogP contribution in [0.3, 0.4) is 0 Å². The number of alkyl halides is 1. The molecule has 1 unspecified atom stereocenters. The Kier molecular flexibility index (Phi) is 4.23. The largest absolute Gasteiger partial charge is 0.496 e. The molecule has 0 heterocycles. The van der Waals surface area contributed by atoms with E-state index in [1.807, 2.05) is 0 Å². The van der Waals surface area contributed by atoms with Gasteiger partial charge >= 0.3 is 0 Å². The fourth-order valence-corrected chi connectivity index (χ4v) is 2.37. The smallest absolute Gasteiger partial charge is 0.134 e. The molecule has 0 spiro atoms. The number of hydrogen-bond donors (Lipinski definition) is 0. The van der Waals surface area contributed by atoms with E-state index in [4.69, 9.17) is 16.3 Å². The zero-order valence-corrected chi connectivity index (χ0v) is 11.6. The fourth-order valence-electron chi connectivity index (χ4n) is 2.02. The third-order valence-electron chi connectivity index (χ3n) is 3.01. The molecule has 0 aliphatic rings. The van der Waals surface area contributed by atoms with E-state index in [1.165, 1.54) is 7.11 Å². The SMILES string of the molecule is COc1ccc(C(Cl)c2c(F)cc(F)cc2F)cc1C. The number of ether oxygens (including phenoxy) is 1. The van der Waals surface area contributed by atoms with E-state index in [1.54, 1.807) is 25.1 Å². The summed E-state index contributed by atoms with van der Waals surface area (Å²) in [5.41, 5.74) is 0.936. The molecule has 2 aromatic rings. The summed E-state index contributed by atoms with van der Waals surface area (Å²) < 4.78 is 45.4. The van der Waals surface area contributed by atoms with Gasteiger partial charge in [0.1, 0.15) is 23.2 Å². The molecule has 0 amide bonds. The highest BCUT2D eigenvalue weighted by Gasteiger charge is 2.21. The van der Waals surface area contributed by atoms with E-state index < -0.39 is 22.8 Å². The van der Waals surface area contributed by atoms with Crippen LogP contribution in [0.15, 0.2) is 30.3 Å². The minimum absolute atomic E-state index is 0.363. The van der Waals surface area contributed by atoms with Crippen LogP contribution in [0.4, 0.5) is 13.2 Å². The maximum absolute atomic E-state index is 13.7. The van der Waals surface area contributed by atoms with E-state index in [9.17, 15) is 13.2 Å². The Balaban J connectivity index is 2.46. The Bertz CT molecular complexity index is 620. The van der Waals surface area contributed by atoms with Gasteiger partial charge in [0.2, 0.25) is 0 Å². The molecular weight excluding hydrogens is 289 g/mol. The van der Waals surface area contributed by atoms with E-state index in [-0.39, 0.29) is 5.56 Å². The summed E-state index contributed by atoms with van der Waals surface area (Å²) in [6.07, 6.45) is 0. The first-order valence-corrected chi connectivity index (χ1v) is 6.30. The first-order chi connectivity index (χ1) is 9.43. The first kappa shape index (κ1) is 14.7. The van der Waals surface area contributed by atoms with Crippen molar-refractivity contribution in [1.82, 2.24) is 0 Å². The summed E-state index contributed by atoms with van der Waals surface area (Å²) >= 11 is 6.12. The Hall–Kier alpha value is -1.68. The minimum Gasteiger partial charge on any atom is -0.496 e. The van der Waals surface area contributed by atoms with Crippen molar-refractivity contribution in [3.63, 3.8) is 0 Å². The van der Waals surface area contributed by atoms with Crippen molar-refractivity contribution in [1.29, 1.82) is 0 Å². The molecule has 0 saturated heterocycles. The molecular formula is C15H12ClF3O. The fraction of sp³-hybridized carbons (Fsp3) is 0.200. The third-order valence-corrected chi connectivity index (χ3v) is 3.48. The zero-order valence-electron chi connectivity index (χ0n) is 10.9. The lowest BCUT2D eigenvalue weighted by Gasteiger charge is -2.14. The van der Waals surface area contributed by atoms with Crippen LogP contribution < -0.4 is 4.74 Å². The van der Waals surface area contributed by atoms with Crippen molar-refractivity contribution >= 4 is 11.6 Å². The lowest BCUT2D eigenvalue weighted by Crippen LogP contribution is -2.03. The maximum atomic E-state index is 13.7. The van der Waals surface area contributed by atoms with Crippen molar-refractivity contribution in [2.45, 2.75) is 12.3 Å². The molecule has 2 rings (SSSR count). The number of rotatable bonds is 3. The van der Waals surface area contributed by atoms with Crippen molar-refractivity contribution in [3.05, 3.63) is 64.5 Å². The van der Waals surface area contributed by atoms with Gasteiger partial charge in [0.15, 0.2) is 0 Å². The highest BCUT2D eigenvalue weighted by Crippen LogP contribution is 2.34. The Morgan fingerprint density at radius 1 is 1.05 bits per heavy atom. The Morgan fingerprint density at radius 2 is 1.65 bits per heavy atom. The monoisotopic (exact) mass is 300 g/mol. The molecule has 0 aliphatic heterocycles. The van der Waals surface area contributed by atoms with Crippen LogP contribution in [0.5, 0.6) is 5.75 Å². The summed E-state index contributed by atoms with van der Waals surface area (Å²) in [4.78, 5) is 0.